The third-order valence-electron chi connectivity index (χ3n) is 3.28. The van der Waals surface area contributed by atoms with Crippen molar-refractivity contribution in [2.45, 2.75) is 12.5 Å². The van der Waals surface area contributed by atoms with E-state index in [0.29, 0.717) is 11.3 Å². The molecule has 0 aliphatic carbocycles. The molecule has 116 valence electrons. The maximum absolute atomic E-state index is 12.2. The SMILES string of the molecule is CS(=O)CC(NC(=O)Cc1ccccc1O)c1ccccc1. The second-order valence-electron chi connectivity index (χ2n) is 5.08. The van der Waals surface area contributed by atoms with Gasteiger partial charge in [-0.05, 0) is 11.6 Å². The molecule has 2 aromatic rings. The molecule has 1 amide bonds. The maximum atomic E-state index is 12.2. The van der Waals surface area contributed by atoms with Crippen LogP contribution in [-0.4, -0.2) is 27.2 Å². The van der Waals surface area contributed by atoms with Crippen molar-refractivity contribution < 1.29 is 14.1 Å². The molecule has 0 aliphatic heterocycles. The Balaban J connectivity index is 2.08. The molecule has 2 unspecified atom stereocenters. The first-order valence-corrected chi connectivity index (χ1v) is 8.70. The molecule has 0 spiro atoms. The Kier molecular flexibility index (Phi) is 5.72. The molecule has 4 nitrogen and oxygen atoms in total. The van der Waals surface area contributed by atoms with E-state index in [1.807, 2.05) is 30.3 Å². The van der Waals surface area contributed by atoms with E-state index in [1.54, 1.807) is 30.5 Å². The van der Waals surface area contributed by atoms with E-state index in [1.165, 1.54) is 0 Å². The lowest BCUT2D eigenvalue weighted by molar-refractivity contribution is -0.121. The van der Waals surface area contributed by atoms with Gasteiger partial charge in [0.2, 0.25) is 5.91 Å². The van der Waals surface area contributed by atoms with E-state index in [0.717, 1.165) is 5.56 Å². The third kappa shape index (κ3) is 4.70. The number of phenolic OH excluding ortho intramolecular Hbond substituents is 1. The van der Waals surface area contributed by atoms with Crippen molar-refractivity contribution in [2.24, 2.45) is 0 Å². The van der Waals surface area contributed by atoms with Gasteiger partial charge < -0.3 is 10.4 Å². The van der Waals surface area contributed by atoms with Crippen LogP contribution in [0.5, 0.6) is 5.75 Å². The first kappa shape index (κ1) is 16.2. The molecule has 0 saturated heterocycles. The fourth-order valence-corrected chi connectivity index (χ4v) is 2.97. The molecule has 2 N–H and O–H groups in total. The quantitative estimate of drug-likeness (QED) is 0.858. The van der Waals surface area contributed by atoms with Crippen molar-refractivity contribution in [3.63, 3.8) is 0 Å². The van der Waals surface area contributed by atoms with Crippen LogP contribution in [0.1, 0.15) is 17.2 Å². The van der Waals surface area contributed by atoms with E-state index in [9.17, 15) is 14.1 Å². The molecule has 2 aromatic carbocycles. The summed E-state index contributed by atoms with van der Waals surface area (Å²) in [5.74, 6) is 0.255. The molecule has 0 saturated carbocycles. The fraction of sp³-hybridized carbons (Fsp3) is 0.235. The average Bonchev–Trinajstić information content (AvgIpc) is 2.49. The highest BCUT2D eigenvalue weighted by atomic mass is 32.2. The van der Waals surface area contributed by atoms with Crippen LogP contribution in [0.15, 0.2) is 54.6 Å². The van der Waals surface area contributed by atoms with Crippen LogP contribution >= 0.6 is 0 Å². The smallest absolute Gasteiger partial charge is 0.225 e. The minimum atomic E-state index is -1.03. The van der Waals surface area contributed by atoms with E-state index in [-0.39, 0.29) is 24.1 Å². The van der Waals surface area contributed by atoms with Gasteiger partial charge in [-0.3, -0.25) is 9.00 Å². The number of aromatic hydroxyl groups is 1. The van der Waals surface area contributed by atoms with E-state index in [4.69, 9.17) is 0 Å². The second kappa shape index (κ2) is 7.75. The summed E-state index contributed by atoms with van der Waals surface area (Å²) in [6.45, 7) is 0. The van der Waals surface area contributed by atoms with Gasteiger partial charge in [-0.1, -0.05) is 48.5 Å². The Morgan fingerprint density at radius 2 is 1.77 bits per heavy atom. The molecule has 0 fully saturated rings. The van der Waals surface area contributed by atoms with Crippen LogP contribution in [0.2, 0.25) is 0 Å². The Bertz CT molecular complexity index is 658. The minimum absolute atomic E-state index is 0.0896. The normalized spacial score (nSPS) is 13.3. The summed E-state index contributed by atoms with van der Waals surface area (Å²) in [6, 6.07) is 15.9. The molecule has 0 bridgehead atoms. The van der Waals surface area contributed by atoms with Crippen molar-refractivity contribution in [1.29, 1.82) is 0 Å². The molecular weight excluding hydrogens is 298 g/mol. The van der Waals surface area contributed by atoms with Crippen molar-refractivity contribution in [1.82, 2.24) is 5.32 Å². The van der Waals surface area contributed by atoms with Crippen LogP contribution in [0.3, 0.4) is 0 Å². The minimum Gasteiger partial charge on any atom is -0.508 e. The monoisotopic (exact) mass is 317 g/mol. The van der Waals surface area contributed by atoms with E-state index >= 15 is 0 Å². The van der Waals surface area contributed by atoms with Gasteiger partial charge in [0, 0.05) is 28.4 Å². The Labute approximate surface area is 132 Å². The summed E-state index contributed by atoms with van der Waals surface area (Å²) in [6.07, 6.45) is 1.71. The predicted octanol–water partition coefficient (Wildman–Crippen LogP) is 2.17. The average molecular weight is 317 g/mol. The number of amides is 1. The van der Waals surface area contributed by atoms with Crippen molar-refractivity contribution in [3.8, 4) is 5.75 Å². The summed E-state index contributed by atoms with van der Waals surface area (Å²) in [5, 5.41) is 12.6. The lowest BCUT2D eigenvalue weighted by Crippen LogP contribution is -2.33. The molecule has 0 aromatic heterocycles. The Hall–Kier alpha value is -2.14. The number of benzene rings is 2. The maximum Gasteiger partial charge on any atom is 0.225 e. The number of carbonyl (C=O) groups is 1. The number of hydrogen-bond donors (Lipinski definition) is 2. The van der Waals surface area contributed by atoms with Crippen molar-refractivity contribution in [2.75, 3.05) is 12.0 Å². The van der Waals surface area contributed by atoms with Crippen LogP contribution in [0, 0.1) is 0 Å². The highest BCUT2D eigenvalue weighted by Crippen LogP contribution is 2.18. The Morgan fingerprint density at radius 3 is 2.41 bits per heavy atom. The predicted molar refractivity (Wildman–Crippen MR) is 88.1 cm³/mol. The highest BCUT2D eigenvalue weighted by Gasteiger charge is 2.17. The van der Waals surface area contributed by atoms with Gasteiger partial charge in [0.1, 0.15) is 5.75 Å². The molecular formula is C17H19NO3S. The van der Waals surface area contributed by atoms with Crippen LogP contribution in [0.25, 0.3) is 0 Å². The summed E-state index contributed by atoms with van der Waals surface area (Å²) in [4.78, 5) is 12.2. The van der Waals surface area contributed by atoms with E-state index < -0.39 is 10.8 Å². The van der Waals surface area contributed by atoms with E-state index in [2.05, 4.69) is 5.32 Å². The fourth-order valence-electron chi connectivity index (χ4n) is 2.22. The zero-order chi connectivity index (χ0) is 15.9. The number of nitrogens with one attached hydrogen (secondary N) is 1. The van der Waals surface area contributed by atoms with Gasteiger partial charge in [0.05, 0.1) is 12.5 Å². The number of phenols is 1. The number of rotatable bonds is 6. The first-order chi connectivity index (χ1) is 10.6. The molecule has 2 atom stereocenters. The number of carbonyl (C=O) groups excluding carboxylic acids is 1. The summed E-state index contributed by atoms with van der Waals surface area (Å²) in [5.41, 5.74) is 1.49. The highest BCUT2D eigenvalue weighted by molar-refractivity contribution is 7.84. The topological polar surface area (TPSA) is 66.4 Å². The number of para-hydroxylation sites is 1. The summed E-state index contributed by atoms with van der Waals surface area (Å²) < 4.78 is 11.5. The zero-order valence-corrected chi connectivity index (χ0v) is 13.2. The van der Waals surface area contributed by atoms with Crippen molar-refractivity contribution >= 4 is 16.7 Å². The van der Waals surface area contributed by atoms with Crippen LogP contribution in [0.4, 0.5) is 0 Å². The Morgan fingerprint density at radius 1 is 1.14 bits per heavy atom. The largest absolute Gasteiger partial charge is 0.508 e. The first-order valence-electron chi connectivity index (χ1n) is 6.97. The van der Waals surface area contributed by atoms with Crippen LogP contribution < -0.4 is 5.32 Å². The standard InChI is InChI=1S/C17H19NO3S/c1-22(21)12-15(13-7-3-2-4-8-13)18-17(20)11-14-9-5-6-10-16(14)19/h2-10,15,19H,11-12H2,1H3,(H,18,20). The molecule has 0 heterocycles. The lowest BCUT2D eigenvalue weighted by atomic mass is 10.1. The molecule has 5 heteroatoms. The molecule has 0 radical (unpaired) electrons. The molecule has 0 aliphatic rings. The summed E-state index contributed by atoms with van der Waals surface area (Å²) >= 11 is 0. The van der Waals surface area contributed by atoms with Gasteiger partial charge in [-0.15, -0.1) is 0 Å². The molecule has 2 rings (SSSR count). The number of hydrogen-bond acceptors (Lipinski definition) is 3. The van der Waals surface area contributed by atoms with Crippen LogP contribution in [-0.2, 0) is 22.0 Å². The lowest BCUT2D eigenvalue weighted by Gasteiger charge is -2.18. The van der Waals surface area contributed by atoms with Crippen molar-refractivity contribution in [3.05, 3.63) is 65.7 Å². The summed E-state index contributed by atoms with van der Waals surface area (Å²) in [7, 11) is -1.03. The van der Waals surface area contributed by atoms with Gasteiger partial charge in [-0.25, -0.2) is 0 Å². The van der Waals surface area contributed by atoms with Gasteiger partial charge in [0.25, 0.3) is 0 Å². The van der Waals surface area contributed by atoms with Gasteiger partial charge >= 0.3 is 0 Å². The zero-order valence-electron chi connectivity index (χ0n) is 12.4. The molecule has 22 heavy (non-hydrogen) atoms. The van der Waals surface area contributed by atoms with Gasteiger partial charge in [0.15, 0.2) is 0 Å². The second-order valence-corrected chi connectivity index (χ2v) is 6.56. The van der Waals surface area contributed by atoms with Gasteiger partial charge in [-0.2, -0.15) is 0 Å². The third-order valence-corrected chi connectivity index (χ3v) is 4.08.